The third-order valence-corrected chi connectivity index (χ3v) is 3.50. The lowest BCUT2D eigenvalue weighted by molar-refractivity contribution is 0.159. The highest BCUT2D eigenvalue weighted by atomic mass is 35.5. The first-order chi connectivity index (χ1) is 8.65. The molecule has 102 valence electrons. The molecule has 0 aliphatic carbocycles. The fraction of sp³-hybridized carbons (Fsp3) is 0.600. The molecule has 0 fully saturated rings. The molecule has 0 heterocycles. The third kappa shape index (κ3) is 5.36. The average molecular weight is 273 g/mol. The van der Waals surface area contributed by atoms with Crippen LogP contribution in [0.5, 0.6) is 0 Å². The summed E-state index contributed by atoms with van der Waals surface area (Å²) in [5.74, 6) is -0.326. The van der Waals surface area contributed by atoms with Gasteiger partial charge in [-0.1, -0.05) is 56.7 Å². The molecule has 1 N–H and O–H groups in total. The van der Waals surface area contributed by atoms with Crippen LogP contribution in [0.25, 0.3) is 0 Å². The second-order valence-electron chi connectivity index (χ2n) is 4.76. The van der Waals surface area contributed by atoms with Crippen molar-refractivity contribution in [2.45, 2.75) is 58.0 Å². The van der Waals surface area contributed by atoms with Gasteiger partial charge in [-0.25, -0.2) is 4.39 Å². The number of hydrogen-bond acceptors (Lipinski definition) is 1. The highest BCUT2D eigenvalue weighted by Gasteiger charge is 2.12. The maximum atomic E-state index is 13.5. The molecule has 1 unspecified atom stereocenters. The largest absolute Gasteiger partial charge is 0.393 e. The van der Waals surface area contributed by atoms with Crippen molar-refractivity contribution in [3.8, 4) is 0 Å². The quantitative estimate of drug-likeness (QED) is 0.678. The van der Waals surface area contributed by atoms with E-state index in [0.29, 0.717) is 23.4 Å². The van der Waals surface area contributed by atoms with Crippen molar-refractivity contribution in [3.63, 3.8) is 0 Å². The molecule has 0 aliphatic rings. The topological polar surface area (TPSA) is 20.2 Å². The second-order valence-corrected chi connectivity index (χ2v) is 5.17. The van der Waals surface area contributed by atoms with Gasteiger partial charge in [0, 0.05) is 17.0 Å². The Morgan fingerprint density at radius 3 is 2.61 bits per heavy atom. The van der Waals surface area contributed by atoms with Crippen LogP contribution >= 0.6 is 11.6 Å². The van der Waals surface area contributed by atoms with Gasteiger partial charge in [0.25, 0.3) is 0 Å². The number of halogens is 2. The van der Waals surface area contributed by atoms with E-state index < -0.39 is 6.10 Å². The Kier molecular flexibility index (Phi) is 7.29. The van der Waals surface area contributed by atoms with Gasteiger partial charge >= 0.3 is 0 Å². The maximum absolute atomic E-state index is 13.5. The number of rotatable bonds is 8. The zero-order valence-corrected chi connectivity index (χ0v) is 11.7. The molecule has 1 aromatic rings. The van der Waals surface area contributed by atoms with Crippen LogP contribution in [-0.2, 0) is 6.42 Å². The van der Waals surface area contributed by atoms with Crippen LogP contribution in [0.1, 0.15) is 51.0 Å². The van der Waals surface area contributed by atoms with Crippen LogP contribution in [0.3, 0.4) is 0 Å². The predicted molar refractivity (Wildman–Crippen MR) is 74.5 cm³/mol. The molecule has 0 radical (unpaired) electrons. The SMILES string of the molecule is CCCCCCCC(O)Cc1c(F)cccc1Cl. The lowest BCUT2D eigenvalue weighted by Gasteiger charge is -2.12. The van der Waals surface area contributed by atoms with E-state index in [0.717, 1.165) is 12.8 Å². The van der Waals surface area contributed by atoms with Gasteiger partial charge < -0.3 is 5.11 Å². The summed E-state index contributed by atoms with van der Waals surface area (Å²) in [6.45, 7) is 2.18. The molecule has 1 aromatic carbocycles. The molecule has 0 bridgehead atoms. The summed E-state index contributed by atoms with van der Waals surface area (Å²) < 4.78 is 13.5. The van der Waals surface area contributed by atoms with Crippen LogP contribution in [0, 0.1) is 5.82 Å². The Labute approximate surface area is 114 Å². The number of unbranched alkanes of at least 4 members (excludes halogenated alkanes) is 4. The van der Waals surface area contributed by atoms with E-state index >= 15 is 0 Å². The fourth-order valence-electron chi connectivity index (χ4n) is 2.05. The van der Waals surface area contributed by atoms with E-state index in [1.165, 1.54) is 25.3 Å². The lowest BCUT2D eigenvalue weighted by atomic mass is 10.0. The minimum Gasteiger partial charge on any atom is -0.393 e. The monoisotopic (exact) mass is 272 g/mol. The van der Waals surface area contributed by atoms with Crippen molar-refractivity contribution in [2.75, 3.05) is 0 Å². The number of hydrogen-bond donors (Lipinski definition) is 1. The summed E-state index contributed by atoms with van der Waals surface area (Å²) in [6, 6.07) is 4.63. The first kappa shape index (κ1) is 15.5. The summed E-state index contributed by atoms with van der Waals surface area (Å²) in [7, 11) is 0. The van der Waals surface area contributed by atoms with Crippen molar-refractivity contribution in [1.29, 1.82) is 0 Å². The van der Waals surface area contributed by atoms with Gasteiger partial charge in [-0.2, -0.15) is 0 Å². The molecule has 18 heavy (non-hydrogen) atoms. The van der Waals surface area contributed by atoms with E-state index in [4.69, 9.17) is 11.6 Å². The highest BCUT2D eigenvalue weighted by molar-refractivity contribution is 6.31. The fourth-order valence-corrected chi connectivity index (χ4v) is 2.29. The van der Waals surface area contributed by atoms with Crippen molar-refractivity contribution in [2.24, 2.45) is 0 Å². The molecule has 0 spiro atoms. The smallest absolute Gasteiger partial charge is 0.127 e. The molecular formula is C15H22ClFO. The average Bonchev–Trinajstić information content (AvgIpc) is 2.34. The number of aliphatic hydroxyl groups excluding tert-OH is 1. The third-order valence-electron chi connectivity index (χ3n) is 3.14. The van der Waals surface area contributed by atoms with E-state index in [-0.39, 0.29) is 5.82 Å². The second kappa shape index (κ2) is 8.49. The minimum atomic E-state index is -0.499. The summed E-state index contributed by atoms with van der Waals surface area (Å²) in [6.07, 6.45) is 6.32. The first-order valence-corrected chi connectivity index (χ1v) is 7.14. The molecule has 3 heteroatoms. The van der Waals surface area contributed by atoms with Gasteiger partial charge in [-0.3, -0.25) is 0 Å². The van der Waals surface area contributed by atoms with Gasteiger partial charge in [0.2, 0.25) is 0 Å². The summed E-state index contributed by atoms with van der Waals surface area (Å²) in [5, 5.41) is 10.3. The van der Waals surface area contributed by atoms with Crippen LogP contribution in [0.15, 0.2) is 18.2 Å². The molecule has 0 saturated heterocycles. The van der Waals surface area contributed by atoms with Crippen LogP contribution in [-0.4, -0.2) is 11.2 Å². The normalized spacial score (nSPS) is 12.7. The maximum Gasteiger partial charge on any atom is 0.127 e. The Balaban J connectivity index is 2.33. The molecule has 1 nitrogen and oxygen atoms in total. The van der Waals surface area contributed by atoms with Gasteiger partial charge in [0.1, 0.15) is 5.82 Å². The lowest BCUT2D eigenvalue weighted by Crippen LogP contribution is -2.11. The Hall–Kier alpha value is -0.600. The molecule has 1 rings (SSSR count). The van der Waals surface area contributed by atoms with Crippen LogP contribution in [0.4, 0.5) is 4.39 Å². The summed E-state index contributed by atoms with van der Waals surface area (Å²) in [4.78, 5) is 0. The Morgan fingerprint density at radius 2 is 1.94 bits per heavy atom. The standard InChI is InChI=1S/C15H22ClFO/c1-2-3-4-5-6-8-12(18)11-13-14(16)9-7-10-15(13)17/h7,9-10,12,18H,2-6,8,11H2,1H3. The van der Waals surface area contributed by atoms with E-state index in [2.05, 4.69) is 6.92 Å². The van der Waals surface area contributed by atoms with E-state index in [9.17, 15) is 9.50 Å². The number of benzene rings is 1. The van der Waals surface area contributed by atoms with Crippen molar-refractivity contribution < 1.29 is 9.50 Å². The molecule has 0 aromatic heterocycles. The molecule has 1 atom stereocenters. The van der Waals surface area contributed by atoms with Crippen molar-refractivity contribution in [1.82, 2.24) is 0 Å². The molecule has 0 amide bonds. The van der Waals surface area contributed by atoms with E-state index in [1.54, 1.807) is 12.1 Å². The predicted octanol–water partition coefficient (Wildman–Crippen LogP) is 4.74. The van der Waals surface area contributed by atoms with Crippen LogP contribution < -0.4 is 0 Å². The first-order valence-electron chi connectivity index (χ1n) is 6.76. The highest BCUT2D eigenvalue weighted by Crippen LogP contribution is 2.21. The van der Waals surface area contributed by atoms with E-state index in [1.807, 2.05) is 0 Å². The summed E-state index contributed by atoms with van der Waals surface area (Å²) in [5.41, 5.74) is 0.431. The van der Waals surface area contributed by atoms with Gasteiger partial charge in [-0.15, -0.1) is 0 Å². The summed E-state index contributed by atoms with van der Waals surface area (Å²) >= 11 is 5.93. The Bertz CT molecular complexity index is 334. The zero-order chi connectivity index (χ0) is 13.4. The molecule has 0 aliphatic heterocycles. The van der Waals surface area contributed by atoms with Crippen LogP contribution in [0.2, 0.25) is 5.02 Å². The molecular weight excluding hydrogens is 251 g/mol. The zero-order valence-electron chi connectivity index (χ0n) is 11.0. The minimum absolute atomic E-state index is 0.305. The number of aliphatic hydroxyl groups is 1. The van der Waals surface area contributed by atoms with Gasteiger partial charge in [0.15, 0.2) is 0 Å². The van der Waals surface area contributed by atoms with Crippen molar-refractivity contribution in [3.05, 3.63) is 34.6 Å². The van der Waals surface area contributed by atoms with Crippen molar-refractivity contribution >= 4 is 11.6 Å². The van der Waals surface area contributed by atoms with Gasteiger partial charge in [0.05, 0.1) is 6.10 Å². The molecule has 0 saturated carbocycles. The Morgan fingerprint density at radius 1 is 1.22 bits per heavy atom. The van der Waals surface area contributed by atoms with Gasteiger partial charge in [-0.05, 0) is 18.6 Å².